The lowest BCUT2D eigenvalue weighted by Gasteiger charge is -2.27. The Kier molecular flexibility index (Phi) is 7.80. The molecule has 0 aliphatic carbocycles. The SMILES string of the molecule is CCOc1ccc(NC(=O)Nc2ccc(-c3ccc(N4CCCCC4)nn3)cc2)cc1OCC. The maximum absolute atomic E-state index is 12.5. The number of nitrogens with one attached hydrogen (secondary N) is 2. The molecular formula is C26H31N5O3. The quantitative estimate of drug-likeness (QED) is 0.456. The topological polar surface area (TPSA) is 88.6 Å². The van der Waals surface area contributed by atoms with Crippen LogP contribution in [-0.2, 0) is 0 Å². The van der Waals surface area contributed by atoms with Crippen LogP contribution in [0.3, 0.4) is 0 Å². The van der Waals surface area contributed by atoms with Gasteiger partial charge >= 0.3 is 6.03 Å². The Balaban J connectivity index is 1.36. The van der Waals surface area contributed by atoms with Gasteiger partial charge in [-0.1, -0.05) is 12.1 Å². The summed E-state index contributed by atoms with van der Waals surface area (Å²) in [4.78, 5) is 14.8. The van der Waals surface area contributed by atoms with Gasteiger partial charge in [0.15, 0.2) is 17.3 Å². The van der Waals surface area contributed by atoms with Crippen LogP contribution in [0.4, 0.5) is 22.0 Å². The number of nitrogens with zero attached hydrogens (tertiary/aromatic N) is 3. The van der Waals surface area contributed by atoms with E-state index in [9.17, 15) is 4.79 Å². The van der Waals surface area contributed by atoms with Crippen LogP contribution in [-0.4, -0.2) is 42.5 Å². The molecule has 2 amide bonds. The zero-order valence-corrected chi connectivity index (χ0v) is 19.7. The summed E-state index contributed by atoms with van der Waals surface area (Å²) >= 11 is 0. The van der Waals surface area contributed by atoms with Crippen molar-refractivity contribution in [3.05, 3.63) is 54.6 Å². The minimum absolute atomic E-state index is 0.343. The second kappa shape index (κ2) is 11.4. The average Bonchev–Trinajstić information content (AvgIpc) is 2.87. The van der Waals surface area contributed by atoms with Gasteiger partial charge in [0, 0.05) is 36.1 Å². The molecular weight excluding hydrogens is 430 g/mol. The van der Waals surface area contributed by atoms with Crippen LogP contribution in [0.5, 0.6) is 11.5 Å². The molecule has 2 N–H and O–H groups in total. The molecule has 8 heteroatoms. The second-order valence-electron chi connectivity index (χ2n) is 8.01. The molecule has 0 spiro atoms. The van der Waals surface area contributed by atoms with E-state index in [1.54, 1.807) is 18.2 Å². The van der Waals surface area contributed by atoms with Gasteiger partial charge in [0.25, 0.3) is 0 Å². The molecule has 2 heterocycles. The van der Waals surface area contributed by atoms with Gasteiger partial charge in [0.2, 0.25) is 0 Å². The van der Waals surface area contributed by atoms with Crippen molar-refractivity contribution in [2.24, 2.45) is 0 Å². The molecule has 4 rings (SSSR count). The lowest BCUT2D eigenvalue weighted by Crippen LogP contribution is -2.30. The van der Waals surface area contributed by atoms with E-state index < -0.39 is 0 Å². The van der Waals surface area contributed by atoms with Gasteiger partial charge in [-0.05, 0) is 69.5 Å². The van der Waals surface area contributed by atoms with E-state index in [0.29, 0.717) is 36.1 Å². The summed E-state index contributed by atoms with van der Waals surface area (Å²) in [7, 11) is 0. The van der Waals surface area contributed by atoms with Crippen molar-refractivity contribution in [2.45, 2.75) is 33.1 Å². The first-order chi connectivity index (χ1) is 16.7. The van der Waals surface area contributed by atoms with E-state index in [1.165, 1.54) is 19.3 Å². The number of aromatic nitrogens is 2. The van der Waals surface area contributed by atoms with Crippen molar-refractivity contribution < 1.29 is 14.3 Å². The Morgan fingerprint density at radius 3 is 2.18 bits per heavy atom. The summed E-state index contributed by atoms with van der Waals surface area (Å²) in [5, 5.41) is 14.5. The fourth-order valence-electron chi connectivity index (χ4n) is 3.92. The summed E-state index contributed by atoms with van der Waals surface area (Å²) in [6.45, 7) is 6.95. The first kappa shape index (κ1) is 23.4. The van der Waals surface area contributed by atoms with Crippen LogP contribution in [0, 0.1) is 0 Å². The number of benzene rings is 2. The van der Waals surface area contributed by atoms with Gasteiger partial charge < -0.3 is 25.0 Å². The molecule has 2 aromatic carbocycles. The van der Waals surface area contributed by atoms with Crippen molar-refractivity contribution in [1.29, 1.82) is 0 Å². The van der Waals surface area contributed by atoms with E-state index in [1.807, 2.05) is 50.2 Å². The highest BCUT2D eigenvalue weighted by Crippen LogP contribution is 2.31. The summed E-state index contributed by atoms with van der Waals surface area (Å²) in [5.74, 6) is 2.18. The number of carbonyl (C=O) groups excluding carboxylic acids is 1. The highest BCUT2D eigenvalue weighted by atomic mass is 16.5. The van der Waals surface area contributed by atoms with Crippen molar-refractivity contribution in [2.75, 3.05) is 41.8 Å². The normalized spacial score (nSPS) is 13.3. The lowest BCUT2D eigenvalue weighted by molar-refractivity contribution is 0.262. The van der Waals surface area contributed by atoms with E-state index in [4.69, 9.17) is 9.47 Å². The third-order valence-corrected chi connectivity index (χ3v) is 5.57. The van der Waals surface area contributed by atoms with Crippen LogP contribution in [0.2, 0.25) is 0 Å². The highest BCUT2D eigenvalue weighted by molar-refractivity contribution is 6.00. The van der Waals surface area contributed by atoms with Crippen LogP contribution < -0.4 is 25.0 Å². The Bertz CT molecular complexity index is 1080. The third kappa shape index (κ3) is 5.95. The first-order valence-electron chi connectivity index (χ1n) is 11.8. The molecule has 1 aliphatic heterocycles. The van der Waals surface area contributed by atoms with Crippen LogP contribution in [0.15, 0.2) is 54.6 Å². The average molecular weight is 462 g/mol. The maximum Gasteiger partial charge on any atom is 0.323 e. The number of anilines is 3. The maximum atomic E-state index is 12.5. The first-order valence-corrected chi connectivity index (χ1v) is 11.8. The van der Waals surface area contributed by atoms with Gasteiger partial charge in [0.05, 0.1) is 18.9 Å². The van der Waals surface area contributed by atoms with Gasteiger partial charge in [0.1, 0.15) is 0 Å². The zero-order valence-electron chi connectivity index (χ0n) is 19.7. The zero-order chi connectivity index (χ0) is 23.8. The molecule has 178 valence electrons. The van der Waals surface area contributed by atoms with Gasteiger partial charge in [-0.3, -0.25) is 0 Å². The van der Waals surface area contributed by atoms with E-state index in [2.05, 4.69) is 25.7 Å². The predicted octanol–water partition coefficient (Wildman–Crippen LogP) is 5.58. The predicted molar refractivity (Wildman–Crippen MR) is 135 cm³/mol. The van der Waals surface area contributed by atoms with Crippen molar-refractivity contribution in [3.63, 3.8) is 0 Å². The molecule has 1 saturated heterocycles. The summed E-state index contributed by atoms with van der Waals surface area (Å²) in [5.41, 5.74) is 3.03. The van der Waals surface area contributed by atoms with Crippen molar-refractivity contribution in [1.82, 2.24) is 10.2 Å². The molecule has 3 aromatic rings. The Morgan fingerprint density at radius 2 is 1.50 bits per heavy atom. The Labute approximate surface area is 200 Å². The van der Waals surface area contributed by atoms with Gasteiger partial charge in [-0.25, -0.2) is 4.79 Å². The number of carbonyl (C=O) groups is 1. The number of hydrogen-bond acceptors (Lipinski definition) is 6. The van der Waals surface area contributed by atoms with Gasteiger partial charge in [-0.2, -0.15) is 0 Å². The molecule has 1 aliphatic rings. The number of urea groups is 1. The van der Waals surface area contributed by atoms with Crippen LogP contribution >= 0.6 is 0 Å². The van der Waals surface area contributed by atoms with Crippen LogP contribution in [0.25, 0.3) is 11.3 Å². The fourth-order valence-corrected chi connectivity index (χ4v) is 3.92. The standard InChI is InChI=1S/C26H31N5O3/c1-3-33-23-14-12-21(18-24(23)34-4-2)28-26(32)27-20-10-8-19(9-11-20)22-13-15-25(30-29-22)31-16-6-5-7-17-31/h8-15,18H,3-7,16-17H2,1-2H3,(H2,27,28,32). The third-order valence-electron chi connectivity index (χ3n) is 5.57. The summed E-state index contributed by atoms with van der Waals surface area (Å²) in [6.07, 6.45) is 3.70. The summed E-state index contributed by atoms with van der Waals surface area (Å²) in [6, 6.07) is 16.5. The molecule has 0 unspecified atom stereocenters. The van der Waals surface area contributed by atoms with Crippen molar-refractivity contribution >= 4 is 23.2 Å². The number of ether oxygens (including phenoxy) is 2. The molecule has 8 nitrogen and oxygen atoms in total. The van der Waals surface area contributed by atoms with E-state index >= 15 is 0 Å². The molecule has 0 atom stereocenters. The fraction of sp³-hybridized carbons (Fsp3) is 0.346. The minimum Gasteiger partial charge on any atom is -0.490 e. The smallest absolute Gasteiger partial charge is 0.323 e. The molecule has 0 bridgehead atoms. The summed E-state index contributed by atoms with van der Waals surface area (Å²) < 4.78 is 11.2. The number of rotatable bonds is 8. The molecule has 0 radical (unpaired) electrons. The monoisotopic (exact) mass is 461 g/mol. The number of piperidine rings is 1. The van der Waals surface area contributed by atoms with Crippen molar-refractivity contribution in [3.8, 4) is 22.8 Å². The van der Waals surface area contributed by atoms with Gasteiger partial charge in [-0.15, -0.1) is 10.2 Å². The lowest BCUT2D eigenvalue weighted by atomic mass is 10.1. The highest BCUT2D eigenvalue weighted by Gasteiger charge is 2.13. The number of hydrogen-bond donors (Lipinski definition) is 2. The second-order valence-corrected chi connectivity index (χ2v) is 8.01. The molecule has 34 heavy (non-hydrogen) atoms. The molecule has 0 saturated carbocycles. The van der Waals surface area contributed by atoms with E-state index in [-0.39, 0.29) is 6.03 Å². The van der Waals surface area contributed by atoms with Crippen LogP contribution in [0.1, 0.15) is 33.1 Å². The largest absolute Gasteiger partial charge is 0.490 e. The molecule has 1 aromatic heterocycles. The Hall–Kier alpha value is -3.81. The number of amides is 2. The molecule has 1 fully saturated rings. The Morgan fingerprint density at radius 1 is 0.824 bits per heavy atom. The minimum atomic E-state index is -0.343. The van der Waals surface area contributed by atoms with E-state index in [0.717, 1.165) is 30.2 Å².